The summed E-state index contributed by atoms with van der Waals surface area (Å²) < 4.78 is 0. The normalized spacial score (nSPS) is 13.1. The van der Waals surface area contributed by atoms with E-state index in [9.17, 15) is 4.79 Å². The smallest absolute Gasteiger partial charge is 0.220 e. The van der Waals surface area contributed by atoms with Gasteiger partial charge in [-0.05, 0) is 44.8 Å². The first-order valence-electron chi connectivity index (χ1n) is 7.16. The van der Waals surface area contributed by atoms with Crippen LogP contribution >= 0.6 is 0 Å². The Hall–Kier alpha value is -0.610. The molecule has 0 aliphatic heterocycles. The predicted octanol–water partition coefficient (Wildman–Crippen LogP) is 1.46. The molecule has 18 heavy (non-hydrogen) atoms. The molecule has 0 saturated heterocycles. The van der Waals surface area contributed by atoms with Gasteiger partial charge < -0.3 is 16.0 Å². The highest BCUT2D eigenvalue weighted by Crippen LogP contribution is 2.20. The van der Waals surface area contributed by atoms with E-state index in [1.807, 2.05) is 0 Å². The van der Waals surface area contributed by atoms with Gasteiger partial charge in [0.05, 0.1) is 0 Å². The van der Waals surface area contributed by atoms with Crippen LogP contribution in [0.3, 0.4) is 0 Å². The SMILES string of the molecule is CCN(C)CCNC(=O)CCC(CCN)C(C)C. The van der Waals surface area contributed by atoms with E-state index in [0.29, 0.717) is 24.8 Å². The van der Waals surface area contributed by atoms with Gasteiger partial charge in [0.2, 0.25) is 5.91 Å². The van der Waals surface area contributed by atoms with Crippen LogP contribution in [0.2, 0.25) is 0 Å². The summed E-state index contributed by atoms with van der Waals surface area (Å²) in [6.07, 6.45) is 2.59. The van der Waals surface area contributed by atoms with Gasteiger partial charge in [0.15, 0.2) is 0 Å². The summed E-state index contributed by atoms with van der Waals surface area (Å²) in [5.74, 6) is 1.34. The van der Waals surface area contributed by atoms with Crippen LogP contribution < -0.4 is 11.1 Å². The van der Waals surface area contributed by atoms with Crippen molar-refractivity contribution in [2.45, 2.75) is 40.0 Å². The summed E-state index contributed by atoms with van der Waals surface area (Å²) in [6.45, 7) is 9.91. The number of hydrogen-bond acceptors (Lipinski definition) is 3. The lowest BCUT2D eigenvalue weighted by Crippen LogP contribution is -2.33. The zero-order chi connectivity index (χ0) is 14.0. The molecule has 0 aromatic rings. The van der Waals surface area contributed by atoms with Gasteiger partial charge in [-0.3, -0.25) is 4.79 Å². The number of nitrogens with one attached hydrogen (secondary N) is 1. The van der Waals surface area contributed by atoms with Crippen LogP contribution in [0.25, 0.3) is 0 Å². The molecule has 0 heterocycles. The van der Waals surface area contributed by atoms with Crippen LogP contribution in [-0.2, 0) is 4.79 Å². The monoisotopic (exact) mass is 257 g/mol. The largest absolute Gasteiger partial charge is 0.355 e. The molecule has 0 aliphatic carbocycles. The fraction of sp³-hybridized carbons (Fsp3) is 0.929. The van der Waals surface area contributed by atoms with Crippen molar-refractivity contribution in [3.63, 3.8) is 0 Å². The van der Waals surface area contributed by atoms with Crippen molar-refractivity contribution >= 4 is 5.91 Å². The third-order valence-corrected chi connectivity index (χ3v) is 3.58. The second-order valence-corrected chi connectivity index (χ2v) is 5.37. The number of hydrogen-bond donors (Lipinski definition) is 2. The molecule has 1 unspecified atom stereocenters. The van der Waals surface area contributed by atoms with Crippen molar-refractivity contribution in [3.8, 4) is 0 Å². The van der Waals surface area contributed by atoms with Crippen molar-refractivity contribution in [2.75, 3.05) is 33.2 Å². The van der Waals surface area contributed by atoms with E-state index in [1.54, 1.807) is 0 Å². The van der Waals surface area contributed by atoms with Crippen LogP contribution in [0, 0.1) is 11.8 Å². The summed E-state index contributed by atoms with van der Waals surface area (Å²) in [4.78, 5) is 13.9. The zero-order valence-electron chi connectivity index (χ0n) is 12.5. The van der Waals surface area contributed by atoms with Crippen molar-refractivity contribution in [1.29, 1.82) is 0 Å². The quantitative estimate of drug-likeness (QED) is 0.623. The average Bonchev–Trinajstić information content (AvgIpc) is 2.33. The summed E-state index contributed by atoms with van der Waals surface area (Å²) >= 11 is 0. The maximum atomic E-state index is 11.7. The topological polar surface area (TPSA) is 58.4 Å². The van der Waals surface area contributed by atoms with Crippen molar-refractivity contribution < 1.29 is 4.79 Å². The van der Waals surface area contributed by atoms with E-state index < -0.39 is 0 Å². The fourth-order valence-corrected chi connectivity index (χ4v) is 1.97. The molecule has 0 fully saturated rings. The molecule has 0 saturated carbocycles. The summed E-state index contributed by atoms with van der Waals surface area (Å²) in [5.41, 5.74) is 5.60. The highest BCUT2D eigenvalue weighted by molar-refractivity contribution is 5.75. The first-order valence-corrected chi connectivity index (χ1v) is 7.16. The van der Waals surface area contributed by atoms with Crippen LogP contribution in [0.1, 0.15) is 40.0 Å². The fourth-order valence-electron chi connectivity index (χ4n) is 1.97. The number of carbonyl (C=O) groups is 1. The Morgan fingerprint density at radius 2 is 2.00 bits per heavy atom. The Morgan fingerprint density at radius 3 is 2.50 bits per heavy atom. The summed E-state index contributed by atoms with van der Waals surface area (Å²) in [6, 6.07) is 0. The van der Waals surface area contributed by atoms with Crippen LogP contribution in [-0.4, -0.2) is 44.0 Å². The minimum atomic E-state index is 0.169. The molecule has 108 valence electrons. The summed E-state index contributed by atoms with van der Waals surface area (Å²) in [5, 5.41) is 2.97. The Kier molecular flexibility index (Phi) is 9.98. The minimum absolute atomic E-state index is 0.169. The highest BCUT2D eigenvalue weighted by atomic mass is 16.1. The Bertz CT molecular complexity index is 219. The Balaban J connectivity index is 3.74. The molecule has 0 aromatic heterocycles. The van der Waals surface area contributed by atoms with Gasteiger partial charge in [-0.25, -0.2) is 0 Å². The highest BCUT2D eigenvalue weighted by Gasteiger charge is 2.14. The van der Waals surface area contributed by atoms with Crippen LogP contribution in [0.5, 0.6) is 0 Å². The van der Waals surface area contributed by atoms with Gasteiger partial charge >= 0.3 is 0 Å². The molecule has 4 heteroatoms. The van der Waals surface area contributed by atoms with Gasteiger partial charge in [-0.2, -0.15) is 0 Å². The van der Waals surface area contributed by atoms with E-state index in [2.05, 4.69) is 38.0 Å². The number of amides is 1. The molecule has 0 aromatic carbocycles. The lowest BCUT2D eigenvalue weighted by molar-refractivity contribution is -0.121. The van der Waals surface area contributed by atoms with Gasteiger partial charge in [0, 0.05) is 19.5 Å². The zero-order valence-corrected chi connectivity index (χ0v) is 12.5. The maximum Gasteiger partial charge on any atom is 0.220 e. The molecule has 0 aliphatic rings. The van der Waals surface area contributed by atoms with E-state index in [4.69, 9.17) is 5.73 Å². The number of nitrogens with zero attached hydrogens (tertiary/aromatic N) is 1. The van der Waals surface area contributed by atoms with Crippen LogP contribution in [0.4, 0.5) is 0 Å². The number of likely N-dealkylation sites (N-methyl/N-ethyl adjacent to an activating group) is 1. The first kappa shape index (κ1) is 17.4. The van der Waals surface area contributed by atoms with E-state index in [1.165, 1.54) is 0 Å². The van der Waals surface area contributed by atoms with Gasteiger partial charge in [-0.1, -0.05) is 20.8 Å². The lowest BCUT2D eigenvalue weighted by Gasteiger charge is -2.20. The summed E-state index contributed by atoms with van der Waals surface area (Å²) in [7, 11) is 2.06. The molecule has 4 nitrogen and oxygen atoms in total. The standard InChI is InChI=1S/C14H31N3O/c1-5-17(4)11-10-16-14(18)7-6-13(8-9-15)12(2)3/h12-13H,5-11,15H2,1-4H3,(H,16,18). The molecular weight excluding hydrogens is 226 g/mol. The van der Waals surface area contributed by atoms with Crippen LogP contribution in [0.15, 0.2) is 0 Å². The first-order chi connectivity index (χ1) is 8.51. The molecule has 0 radical (unpaired) electrons. The molecule has 3 N–H and O–H groups in total. The molecule has 1 atom stereocenters. The Labute approximate surface area is 112 Å². The molecule has 0 bridgehead atoms. The third kappa shape index (κ3) is 8.48. The number of rotatable bonds is 10. The van der Waals surface area contributed by atoms with Crippen molar-refractivity contribution in [2.24, 2.45) is 17.6 Å². The molecule has 0 rings (SSSR count). The van der Waals surface area contributed by atoms with E-state index in [0.717, 1.165) is 32.5 Å². The number of nitrogens with two attached hydrogens (primary N) is 1. The second-order valence-electron chi connectivity index (χ2n) is 5.37. The lowest BCUT2D eigenvalue weighted by atomic mass is 9.88. The van der Waals surface area contributed by atoms with Crippen molar-refractivity contribution in [3.05, 3.63) is 0 Å². The van der Waals surface area contributed by atoms with Gasteiger partial charge in [-0.15, -0.1) is 0 Å². The third-order valence-electron chi connectivity index (χ3n) is 3.58. The molecular formula is C14H31N3O. The van der Waals surface area contributed by atoms with Gasteiger partial charge in [0.1, 0.15) is 0 Å². The molecule has 0 spiro atoms. The average molecular weight is 257 g/mol. The van der Waals surface area contributed by atoms with Gasteiger partial charge in [0.25, 0.3) is 0 Å². The van der Waals surface area contributed by atoms with Crippen molar-refractivity contribution in [1.82, 2.24) is 10.2 Å². The maximum absolute atomic E-state index is 11.7. The molecule has 1 amide bonds. The predicted molar refractivity (Wildman–Crippen MR) is 77.4 cm³/mol. The second kappa shape index (κ2) is 10.3. The Morgan fingerprint density at radius 1 is 1.33 bits per heavy atom. The minimum Gasteiger partial charge on any atom is -0.355 e. The van der Waals surface area contributed by atoms with E-state index in [-0.39, 0.29) is 5.91 Å². The van der Waals surface area contributed by atoms with E-state index >= 15 is 0 Å². The number of carbonyl (C=O) groups excluding carboxylic acids is 1.